The molecule has 0 saturated carbocycles. The Hall–Kier alpha value is -2.38. The van der Waals surface area contributed by atoms with Crippen molar-refractivity contribution in [1.82, 2.24) is 9.97 Å². The van der Waals surface area contributed by atoms with E-state index < -0.39 is 0 Å². The number of hydrogen-bond donors (Lipinski definition) is 0. The number of fused-ring (bicyclic) bond motifs is 1. The van der Waals surface area contributed by atoms with Crippen molar-refractivity contribution in [2.45, 2.75) is 26.7 Å². The van der Waals surface area contributed by atoms with Gasteiger partial charge in [-0.2, -0.15) is 4.98 Å². The van der Waals surface area contributed by atoms with Crippen LogP contribution in [0.4, 0.5) is 5.82 Å². The molecule has 1 aliphatic rings. The minimum absolute atomic E-state index is 0.229. The van der Waals surface area contributed by atoms with Crippen LogP contribution in [0.3, 0.4) is 0 Å². The quantitative estimate of drug-likeness (QED) is 0.489. The van der Waals surface area contributed by atoms with Crippen molar-refractivity contribution in [2.75, 3.05) is 32.2 Å². The number of nitrogens with zero attached hydrogens (tertiary/aromatic N) is 3. The molecule has 0 aliphatic carbocycles. The van der Waals surface area contributed by atoms with E-state index in [4.69, 9.17) is 21.1 Å². The van der Waals surface area contributed by atoms with Gasteiger partial charge in [0.15, 0.2) is 17.3 Å². The number of ether oxygens (including phenoxy) is 2. The van der Waals surface area contributed by atoms with Crippen LogP contribution in [0.25, 0.3) is 21.3 Å². The molecule has 1 saturated heterocycles. The lowest BCUT2D eigenvalue weighted by atomic mass is 10.0. The van der Waals surface area contributed by atoms with E-state index in [2.05, 4.69) is 21.8 Å². The molecule has 8 heteroatoms. The number of methoxy groups -OCH3 is 2. The number of rotatable bonds is 6. The number of ketones is 1. The largest absolute Gasteiger partial charge is 0.493 e. The van der Waals surface area contributed by atoms with Gasteiger partial charge in [0.1, 0.15) is 5.78 Å². The normalized spacial score (nSPS) is 16.3. The third-order valence-corrected chi connectivity index (χ3v) is 6.76. The number of Topliss-reactive ketones (excluding diaryl/α,β-unsaturated/α-hetero) is 1. The van der Waals surface area contributed by atoms with E-state index >= 15 is 0 Å². The average Bonchev–Trinajstić information content (AvgIpc) is 3.30. The van der Waals surface area contributed by atoms with Crippen LogP contribution in [0.1, 0.15) is 24.6 Å². The number of carbonyl (C=O) groups is 1. The summed E-state index contributed by atoms with van der Waals surface area (Å²) in [5, 5.41) is 0.229. The molecule has 3 aromatic rings. The molecule has 3 heterocycles. The van der Waals surface area contributed by atoms with Crippen LogP contribution in [0, 0.1) is 12.8 Å². The Morgan fingerprint density at radius 2 is 2.03 bits per heavy atom. The monoisotopic (exact) mass is 445 g/mol. The van der Waals surface area contributed by atoms with Crippen LogP contribution in [-0.4, -0.2) is 43.1 Å². The molecular weight excluding hydrogens is 422 g/mol. The molecule has 0 bridgehead atoms. The first-order valence-electron chi connectivity index (χ1n) is 9.84. The van der Waals surface area contributed by atoms with Gasteiger partial charge in [0.05, 0.1) is 24.4 Å². The summed E-state index contributed by atoms with van der Waals surface area (Å²) < 4.78 is 11.9. The number of aryl methyl sites for hydroxylation is 1. The van der Waals surface area contributed by atoms with E-state index in [0.717, 1.165) is 51.5 Å². The highest BCUT2D eigenvalue weighted by atomic mass is 35.5. The van der Waals surface area contributed by atoms with Crippen molar-refractivity contribution >= 4 is 44.8 Å². The van der Waals surface area contributed by atoms with Gasteiger partial charge in [-0.05, 0) is 55.5 Å². The third kappa shape index (κ3) is 3.84. The molecule has 1 aliphatic heterocycles. The van der Waals surface area contributed by atoms with Gasteiger partial charge in [0.2, 0.25) is 5.28 Å². The van der Waals surface area contributed by atoms with E-state index in [1.165, 1.54) is 0 Å². The smallest absolute Gasteiger partial charge is 0.224 e. The van der Waals surface area contributed by atoms with Gasteiger partial charge in [-0.15, -0.1) is 11.3 Å². The van der Waals surface area contributed by atoms with E-state index in [1.807, 2.05) is 18.2 Å². The highest BCUT2D eigenvalue weighted by Crippen LogP contribution is 2.44. The Balaban J connectivity index is 1.79. The fraction of sp³-hybridized carbons (Fsp3) is 0.409. The predicted octanol–water partition coefficient (Wildman–Crippen LogP) is 5.14. The number of thiophene rings is 1. The molecule has 1 aromatic carbocycles. The summed E-state index contributed by atoms with van der Waals surface area (Å²) in [4.78, 5) is 24.0. The summed E-state index contributed by atoms with van der Waals surface area (Å²) in [6.45, 7) is 5.41. The first kappa shape index (κ1) is 20.9. The van der Waals surface area contributed by atoms with Gasteiger partial charge < -0.3 is 19.2 Å². The van der Waals surface area contributed by atoms with Crippen LogP contribution in [0.5, 0.6) is 11.5 Å². The zero-order valence-corrected chi connectivity index (χ0v) is 19.1. The molecule has 1 fully saturated rings. The molecule has 2 aromatic heterocycles. The standard InChI is InChI=1S/C22H24ClN3O3S/c1-12(27)9-14-7-8-26(11-14)21-20-19(24-22(23)25-21)18(13(2)30-20)15-5-6-16(28-3)17(10-15)29-4/h5-6,10,14H,7-9,11H2,1-4H3/t14-/m0/s1. The Kier molecular flexibility index (Phi) is 5.84. The van der Waals surface area contributed by atoms with Crippen molar-refractivity contribution in [1.29, 1.82) is 0 Å². The highest BCUT2D eigenvalue weighted by Gasteiger charge is 2.28. The lowest BCUT2D eigenvalue weighted by Crippen LogP contribution is -2.21. The molecule has 0 N–H and O–H groups in total. The maximum atomic E-state index is 11.5. The highest BCUT2D eigenvalue weighted by molar-refractivity contribution is 7.20. The van der Waals surface area contributed by atoms with Gasteiger partial charge in [-0.3, -0.25) is 0 Å². The molecule has 4 rings (SSSR count). The summed E-state index contributed by atoms with van der Waals surface area (Å²) in [5.74, 6) is 2.80. The zero-order valence-electron chi connectivity index (χ0n) is 17.5. The summed E-state index contributed by atoms with van der Waals surface area (Å²) in [6.07, 6.45) is 1.59. The van der Waals surface area contributed by atoms with Crippen LogP contribution < -0.4 is 14.4 Å². The Bertz CT molecular complexity index is 1110. The van der Waals surface area contributed by atoms with Crippen molar-refractivity contribution < 1.29 is 14.3 Å². The molecule has 0 amide bonds. The molecule has 1 atom stereocenters. The first-order valence-corrected chi connectivity index (χ1v) is 11.0. The van der Waals surface area contributed by atoms with E-state index in [-0.39, 0.29) is 11.1 Å². The molecule has 6 nitrogen and oxygen atoms in total. The topological polar surface area (TPSA) is 64.5 Å². The molecule has 30 heavy (non-hydrogen) atoms. The first-order chi connectivity index (χ1) is 14.4. The second-order valence-corrected chi connectivity index (χ2v) is 9.17. The summed E-state index contributed by atoms with van der Waals surface area (Å²) in [5.41, 5.74) is 2.86. The summed E-state index contributed by atoms with van der Waals surface area (Å²) >= 11 is 8.02. The van der Waals surface area contributed by atoms with Gasteiger partial charge >= 0.3 is 0 Å². The third-order valence-electron chi connectivity index (χ3n) is 5.50. The minimum Gasteiger partial charge on any atom is -0.493 e. The van der Waals surface area contributed by atoms with E-state index in [1.54, 1.807) is 32.5 Å². The van der Waals surface area contributed by atoms with Gasteiger partial charge in [-0.1, -0.05) is 6.07 Å². The minimum atomic E-state index is 0.229. The number of anilines is 1. The van der Waals surface area contributed by atoms with Gasteiger partial charge in [0.25, 0.3) is 0 Å². The number of hydrogen-bond acceptors (Lipinski definition) is 7. The SMILES string of the molecule is COc1ccc(-c2c(C)sc3c(N4CC[C@@H](CC(C)=O)C4)nc(Cl)nc23)cc1OC. The fourth-order valence-electron chi connectivity index (χ4n) is 4.19. The number of aromatic nitrogens is 2. The van der Waals surface area contributed by atoms with Crippen LogP contribution in [-0.2, 0) is 4.79 Å². The second kappa shape index (κ2) is 8.40. The maximum absolute atomic E-state index is 11.5. The average molecular weight is 446 g/mol. The molecule has 158 valence electrons. The Morgan fingerprint density at radius 1 is 1.27 bits per heavy atom. The van der Waals surface area contributed by atoms with E-state index in [0.29, 0.717) is 23.8 Å². The Morgan fingerprint density at radius 3 is 2.73 bits per heavy atom. The molecule has 0 unspecified atom stereocenters. The number of halogens is 1. The molecule has 0 radical (unpaired) electrons. The lowest BCUT2D eigenvalue weighted by molar-refractivity contribution is -0.117. The Labute approximate surface area is 184 Å². The van der Waals surface area contributed by atoms with Gasteiger partial charge in [0, 0.05) is 30.0 Å². The zero-order chi connectivity index (χ0) is 21.4. The van der Waals surface area contributed by atoms with Gasteiger partial charge in [-0.25, -0.2) is 4.98 Å². The van der Waals surface area contributed by atoms with Crippen molar-refractivity contribution in [3.8, 4) is 22.6 Å². The summed E-state index contributed by atoms with van der Waals surface area (Å²) in [7, 11) is 3.25. The predicted molar refractivity (Wildman–Crippen MR) is 121 cm³/mol. The van der Waals surface area contributed by atoms with Crippen LogP contribution in [0.2, 0.25) is 5.28 Å². The fourth-order valence-corrected chi connectivity index (χ4v) is 5.49. The van der Waals surface area contributed by atoms with Crippen molar-refractivity contribution in [3.05, 3.63) is 28.4 Å². The number of benzene rings is 1. The maximum Gasteiger partial charge on any atom is 0.224 e. The lowest BCUT2D eigenvalue weighted by Gasteiger charge is -2.18. The number of carbonyl (C=O) groups excluding carboxylic acids is 1. The molecule has 0 spiro atoms. The molecular formula is C22H24ClN3O3S. The van der Waals surface area contributed by atoms with Crippen LogP contribution >= 0.6 is 22.9 Å². The van der Waals surface area contributed by atoms with Crippen molar-refractivity contribution in [2.24, 2.45) is 5.92 Å². The van der Waals surface area contributed by atoms with Crippen LogP contribution in [0.15, 0.2) is 18.2 Å². The summed E-state index contributed by atoms with van der Waals surface area (Å²) in [6, 6.07) is 5.86. The van der Waals surface area contributed by atoms with E-state index in [9.17, 15) is 4.79 Å². The second-order valence-electron chi connectivity index (χ2n) is 7.60. The van der Waals surface area contributed by atoms with Crippen molar-refractivity contribution in [3.63, 3.8) is 0 Å².